The van der Waals surface area contributed by atoms with Crippen LogP contribution >= 0.6 is 0 Å². The van der Waals surface area contributed by atoms with E-state index in [-0.39, 0.29) is 18.4 Å². The predicted octanol–water partition coefficient (Wildman–Crippen LogP) is 1.85. The van der Waals surface area contributed by atoms with Crippen LogP contribution in [0.3, 0.4) is 0 Å². The van der Waals surface area contributed by atoms with Crippen LogP contribution in [0.25, 0.3) is 0 Å². The SMILES string of the molecule is O=C1CN(C(=O)COC(=O)C23CC4CC(CC(O)(C4)C2)C3)c2ccccc2N1. The molecule has 7 heteroatoms. The lowest BCUT2D eigenvalue weighted by molar-refractivity contribution is -0.196. The number of rotatable bonds is 3. The van der Waals surface area contributed by atoms with Gasteiger partial charge in [-0.3, -0.25) is 19.3 Å². The Morgan fingerprint density at radius 3 is 2.61 bits per heavy atom. The van der Waals surface area contributed by atoms with E-state index >= 15 is 0 Å². The van der Waals surface area contributed by atoms with Crippen molar-refractivity contribution in [2.75, 3.05) is 23.4 Å². The third-order valence-electron chi connectivity index (χ3n) is 6.86. The molecule has 0 radical (unpaired) electrons. The zero-order valence-electron chi connectivity index (χ0n) is 15.6. The number of fused-ring (bicyclic) bond motifs is 1. The van der Waals surface area contributed by atoms with E-state index in [1.165, 1.54) is 4.90 Å². The second kappa shape index (κ2) is 6.04. The van der Waals surface area contributed by atoms with Crippen LogP contribution in [0.15, 0.2) is 24.3 Å². The maximum absolute atomic E-state index is 13.0. The van der Waals surface area contributed by atoms with Gasteiger partial charge in [0.15, 0.2) is 6.61 Å². The highest BCUT2D eigenvalue weighted by molar-refractivity contribution is 6.10. The minimum atomic E-state index is -0.753. The minimum Gasteiger partial charge on any atom is -0.455 e. The summed E-state index contributed by atoms with van der Waals surface area (Å²) in [6.45, 7) is -0.488. The Labute approximate surface area is 163 Å². The van der Waals surface area contributed by atoms with Crippen LogP contribution in [0, 0.1) is 17.3 Å². The van der Waals surface area contributed by atoms with E-state index in [1.807, 2.05) is 0 Å². The van der Waals surface area contributed by atoms with Crippen LogP contribution in [0.5, 0.6) is 0 Å². The number of carbonyl (C=O) groups excluding carboxylic acids is 3. The lowest BCUT2D eigenvalue weighted by Crippen LogP contribution is -2.58. The van der Waals surface area contributed by atoms with Crippen molar-refractivity contribution in [1.82, 2.24) is 0 Å². The molecule has 5 aliphatic rings. The molecular weight excluding hydrogens is 360 g/mol. The van der Waals surface area contributed by atoms with Crippen molar-refractivity contribution in [2.45, 2.75) is 44.1 Å². The Bertz CT molecular complexity index is 852. The molecule has 0 saturated heterocycles. The number of benzene rings is 1. The highest BCUT2D eigenvalue weighted by atomic mass is 16.5. The number of carbonyl (C=O) groups is 3. The highest BCUT2D eigenvalue weighted by Gasteiger charge is 2.61. The maximum atomic E-state index is 13.0. The Kier molecular flexibility index (Phi) is 3.81. The van der Waals surface area contributed by atoms with E-state index in [4.69, 9.17) is 4.74 Å². The molecule has 0 spiro atoms. The van der Waals surface area contributed by atoms with Gasteiger partial charge in [-0.2, -0.15) is 0 Å². The Hall–Kier alpha value is -2.41. The third-order valence-corrected chi connectivity index (χ3v) is 6.86. The van der Waals surface area contributed by atoms with Crippen molar-refractivity contribution in [3.8, 4) is 0 Å². The molecule has 2 unspecified atom stereocenters. The summed E-state index contributed by atoms with van der Waals surface area (Å²) in [5.41, 5.74) is -0.234. The van der Waals surface area contributed by atoms with Crippen LogP contribution in [0.1, 0.15) is 38.5 Å². The van der Waals surface area contributed by atoms with E-state index in [0.717, 1.165) is 32.1 Å². The summed E-state index contributed by atoms with van der Waals surface area (Å²) in [4.78, 5) is 38.9. The van der Waals surface area contributed by atoms with Crippen molar-refractivity contribution >= 4 is 29.2 Å². The quantitative estimate of drug-likeness (QED) is 0.776. The highest BCUT2D eigenvalue weighted by Crippen LogP contribution is 2.61. The van der Waals surface area contributed by atoms with Crippen molar-refractivity contribution in [1.29, 1.82) is 0 Å². The van der Waals surface area contributed by atoms with Crippen LogP contribution in [-0.2, 0) is 19.1 Å². The Morgan fingerprint density at radius 1 is 1.18 bits per heavy atom. The third kappa shape index (κ3) is 2.80. The number of amides is 2. The molecular formula is C21H24N2O5. The van der Waals surface area contributed by atoms with Gasteiger partial charge in [0.05, 0.1) is 22.4 Å². The fraction of sp³-hybridized carbons (Fsp3) is 0.571. The number of esters is 1. The van der Waals surface area contributed by atoms with E-state index in [0.29, 0.717) is 29.6 Å². The topological polar surface area (TPSA) is 95.9 Å². The average molecular weight is 384 g/mol. The van der Waals surface area contributed by atoms with E-state index in [9.17, 15) is 19.5 Å². The summed E-state index contributed by atoms with van der Waals surface area (Å²) in [5, 5.41) is 13.5. The largest absolute Gasteiger partial charge is 0.455 e. The number of hydrogen-bond donors (Lipinski definition) is 2. The monoisotopic (exact) mass is 384 g/mol. The molecule has 4 bridgehead atoms. The first kappa shape index (κ1) is 17.7. The van der Waals surface area contributed by atoms with Crippen LogP contribution in [-0.4, -0.2) is 41.6 Å². The minimum absolute atomic E-state index is 0.0948. The normalized spacial score (nSPS) is 35.3. The zero-order valence-corrected chi connectivity index (χ0v) is 15.6. The van der Waals surface area contributed by atoms with Crippen molar-refractivity contribution in [3.05, 3.63) is 24.3 Å². The average Bonchev–Trinajstić information content (AvgIpc) is 2.63. The number of nitrogens with one attached hydrogen (secondary N) is 1. The molecule has 2 N–H and O–H groups in total. The smallest absolute Gasteiger partial charge is 0.312 e. The summed E-state index contributed by atoms with van der Waals surface area (Å²) >= 11 is 0. The number of para-hydroxylation sites is 2. The van der Waals surface area contributed by atoms with Gasteiger partial charge in [0, 0.05) is 0 Å². The molecule has 148 valence electrons. The summed E-state index contributed by atoms with van der Waals surface area (Å²) in [6.07, 6.45) is 4.56. The van der Waals surface area contributed by atoms with Gasteiger partial charge in [-0.1, -0.05) is 12.1 Å². The summed E-state index contributed by atoms with van der Waals surface area (Å²) in [5.74, 6) is -0.330. The van der Waals surface area contributed by atoms with Gasteiger partial charge in [0.1, 0.15) is 6.54 Å². The number of hydrogen-bond acceptors (Lipinski definition) is 5. The summed E-state index contributed by atoms with van der Waals surface area (Å²) < 4.78 is 5.46. The Balaban J connectivity index is 1.29. The van der Waals surface area contributed by atoms with Gasteiger partial charge in [-0.05, 0) is 62.5 Å². The second-order valence-electron chi connectivity index (χ2n) is 9.09. The first-order valence-corrected chi connectivity index (χ1v) is 9.95. The lowest BCUT2D eigenvalue weighted by atomic mass is 9.48. The van der Waals surface area contributed by atoms with E-state index in [1.54, 1.807) is 24.3 Å². The molecule has 1 aliphatic heterocycles. The predicted molar refractivity (Wildman–Crippen MR) is 100 cm³/mol. The molecule has 6 rings (SSSR count). The molecule has 1 heterocycles. The zero-order chi connectivity index (χ0) is 19.5. The van der Waals surface area contributed by atoms with Crippen LogP contribution in [0.2, 0.25) is 0 Å². The number of aliphatic hydroxyl groups is 1. The second-order valence-corrected chi connectivity index (χ2v) is 9.09. The molecule has 1 aromatic rings. The van der Waals surface area contributed by atoms with Gasteiger partial charge in [0.2, 0.25) is 5.91 Å². The van der Waals surface area contributed by atoms with Crippen LogP contribution < -0.4 is 10.2 Å². The fourth-order valence-corrected chi connectivity index (χ4v) is 6.27. The first-order valence-electron chi connectivity index (χ1n) is 9.95. The molecule has 4 fully saturated rings. The molecule has 4 saturated carbocycles. The summed E-state index contributed by atoms with van der Waals surface area (Å²) in [6, 6.07) is 7.06. The number of nitrogens with zero attached hydrogens (tertiary/aromatic N) is 1. The van der Waals surface area contributed by atoms with Crippen LogP contribution in [0.4, 0.5) is 11.4 Å². The molecule has 28 heavy (non-hydrogen) atoms. The van der Waals surface area contributed by atoms with Gasteiger partial charge in [0.25, 0.3) is 5.91 Å². The first-order chi connectivity index (χ1) is 13.4. The Morgan fingerprint density at radius 2 is 1.89 bits per heavy atom. The molecule has 7 nitrogen and oxygen atoms in total. The van der Waals surface area contributed by atoms with E-state index < -0.39 is 23.5 Å². The molecule has 1 aromatic carbocycles. The standard InChI is InChI=1S/C21H24N2O5/c24-17-10-23(16-4-2-1-3-15(16)22-17)18(25)11-28-19(26)20-6-13-5-14(7-20)9-21(27,8-13)12-20/h1-4,13-14,27H,5-12H2,(H,22,24). The van der Waals surface area contributed by atoms with Gasteiger partial charge in [-0.25, -0.2) is 0 Å². The van der Waals surface area contributed by atoms with Crippen molar-refractivity contribution in [2.24, 2.45) is 17.3 Å². The van der Waals surface area contributed by atoms with Crippen molar-refractivity contribution in [3.63, 3.8) is 0 Å². The van der Waals surface area contributed by atoms with Crippen molar-refractivity contribution < 1.29 is 24.2 Å². The van der Waals surface area contributed by atoms with Gasteiger partial charge >= 0.3 is 5.97 Å². The summed E-state index contributed by atoms with van der Waals surface area (Å²) in [7, 11) is 0. The molecule has 0 aromatic heterocycles. The molecule has 2 atom stereocenters. The number of ether oxygens (including phenoxy) is 1. The maximum Gasteiger partial charge on any atom is 0.312 e. The van der Waals surface area contributed by atoms with Gasteiger partial charge in [-0.15, -0.1) is 0 Å². The van der Waals surface area contributed by atoms with Gasteiger partial charge < -0.3 is 15.2 Å². The molecule has 2 amide bonds. The number of anilines is 2. The molecule has 4 aliphatic carbocycles. The fourth-order valence-electron chi connectivity index (χ4n) is 6.27. The lowest BCUT2D eigenvalue weighted by Gasteiger charge is -2.58. The van der Waals surface area contributed by atoms with E-state index in [2.05, 4.69) is 5.32 Å².